The van der Waals surface area contributed by atoms with Crippen molar-refractivity contribution in [2.24, 2.45) is 0 Å². The van der Waals surface area contributed by atoms with E-state index in [1.807, 2.05) is 38.1 Å². The number of hydrogen-bond donors (Lipinski definition) is 1. The van der Waals surface area contributed by atoms with Crippen LogP contribution < -0.4 is 10.1 Å². The maximum Gasteiger partial charge on any atom is 0.251 e. The average Bonchev–Trinajstić information content (AvgIpc) is 3.22. The highest BCUT2D eigenvalue weighted by Gasteiger charge is 2.28. The van der Waals surface area contributed by atoms with Gasteiger partial charge >= 0.3 is 0 Å². The van der Waals surface area contributed by atoms with Crippen LogP contribution in [0.15, 0.2) is 47.4 Å². The first-order valence-corrected chi connectivity index (χ1v) is 11.4. The lowest BCUT2D eigenvalue weighted by Crippen LogP contribution is -2.29. The Labute approximate surface area is 172 Å². The zero-order valence-electron chi connectivity index (χ0n) is 17.1. The molecule has 1 aliphatic rings. The molecule has 1 N–H and O–H groups in total. The summed E-state index contributed by atoms with van der Waals surface area (Å²) in [6.45, 7) is 7.12. The lowest BCUT2D eigenvalue weighted by molar-refractivity contribution is 0.0950. The SMILES string of the molecule is Cc1ccc(S(=O)(=O)N2CCCC2)cc1C(=O)NCc1cccc(OC(C)C)c1. The van der Waals surface area contributed by atoms with Crippen LogP contribution in [0.5, 0.6) is 5.75 Å². The number of hydrogen-bond acceptors (Lipinski definition) is 4. The zero-order valence-corrected chi connectivity index (χ0v) is 18.0. The maximum absolute atomic E-state index is 12.8. The number of carbonyl (C=O) groups excluding carboxylic acids is 1. The summed E-state index contributed by atoms with van der Waals surface area (Å²) in [6.07, 6.45) is 1.82. The lowest BCUT2D eigenvalue weighted by Gasteiger charge is -2.17. The van der Waals surface area contributed by atoms with Gasteiger partial charge in [0.05, 0.1) is 11.0 Å². The molecule has 1 heterocycles. The van der Waals surface area contributed by atoms with Crippen molar-refractivity contribution >= 4 is 15.9 Å². The molecule has 7 heteroatoms. The first kappa shape index (κ1) is 21.3. The summed E-state index contributed by atoms with van der Waals surface area (Å²) in [6, 6.07) is 12.3. The summed E-state index contributed by atoms with van der Waals surface area (Å²) in [7, 11) is -3.56. The molecule has 0 aromatic heterocycles. The third kappa shape index (κ3) is 5.16. The van der Waals surface area contributed by atoms with Gasteiger partial charge in [0.25, 0.3) is 5.91 Å². The Morgan fingerprint density at radius 2 is 1.86 bits per heavy atom. The van der Waals surface area contributed by atoms with Gasteiger partial charge in [0, 0.05) is 25.2 Å². The molecule has 156 valence electrons. The van der Waals surface area contributed by atoms with E-state index in [1.165, 1.54) is 10.4 Å². The molecule has 2 aromatic rings. The van der Waals surface area contributed by atoms with Crippen LogP contribution in [-0.2, 0) is 16.6 Å². The van der Waals surface area contributed by atoms with Gasteiger partial charge in [0.1, 0.15) is 5.75 Å². The molecule has 3 rings (SSSR count). The minimum absolute atomic E-state index is 0.0720. The molecule has 0 aliphatic carbocycles. The molecule has 29 heavy (non-hydrogen) atoms. The highest BCUT2D eigenvalue weighted by Crippen LogP contribution is 2.23. The number of amides is 1. The maximum atomic E-state index is 12.8. The molecular weight excluding hydrogens is 388 g/mol. The number of nitrogens with one attached hydrogen (secondary N) is 1. The van der Waals surface area contributed by atoms with Crippen LogP contribution in [0, 0.1) is 6.92 Å². The Morgan fingerprint density at radius 3 is 2.55 bits per heavy atom. The van der Waals surface area contributed by atoms with E-state index in [2.05, 4.69) is 5.32 Å². The third-order valence-corrected chi connectivity index (χ3v) is 6.77. The van der Waals surface area contributed by atoms with Crippen molar-refractivity contribution in [2.45, 2.75) is 51.2 Å². The smallest absolute Gasteiger partial charge is 0.251 e. The van der Waals surface area contributed by atoms with Crippen molar-refractivity contribution in [3.8, 4) is 5.75 Å². The molecule has 1 saturated heterocycles. The van der Waals surface area contributed by atoms with Gasteiger partial charge < -0.3 is 10.1 Å². The van der Waals surface area contributed by atoms with E-state index in [0.29, 0.717) is 25.2 Å². The highest BCUT2D eigenvalue weighted by atomic mass is 32.2. The monoisotopic (exact) mass is 416 g/mol. The second-order valence-electron chi connectivity index (χ2n) is 7.58. The van der Waals surface area contributed by atoms with Gasteiger partial charge in [-0.3, -0.25) is 4.79 Å². The first-order chi connectivity index (χ1) is 13.8. The molecule has 1 fully saturated rings. The van der Waals surface area contributed by atoms with Crippen LogP contribution in [0.2, 0.25) is 0 Å². The molecule has 0 saturated carbocycles. The molecule has 0 bridgehead atoms. The summed E-state index contributed by atoms with van der Waals surface area (Å²) < 4.78 is 32.8. The van der Waals surface area contributed by atoms with Crippen molar-refractivity contribution in [1.82, 2.24) is 9.62 Å². The average molecular weight is 417 g/mol. The molecule has 6 nitrogen and oxygen atoms in total. The fourth-order valence-electron chi connectivity index (χ4n) is 3.36. The molecule has 2 aromatic carbocycles. The van der Waals surface area contributed by atoms with Crippen molar-refractivity contribution in [3.05, 3.63) is 59.2 Å². The number of aryl methyl sites for hydroxylation is 1. The lowest BCUT2D eigenvalue weighted by atomic mass is 10.1. The topological polar surface area (TPSA) is 75.7 Å². The fraction of sp³-hybridized carbons (Fsp3) is 0.409. The normalized spacial score (nSPS) is 14.9. The van der Waals surface area contributed by atoms with E-state index in [9.17, 15) is 13.2 Å². The minimum Gasteiger partial charge on any atom is -0.491 e. The predicted octanol–water partition coefficient (Wildman–Crippen LogP) is 3.50. The Morgan fingerprint density at radius 1 is 1.14 bits per heavy atom. The van der Waals surface area contributed by atoms with Crippen LogP contribution in [0.1, 0.15) is 48.2 Å². The fourth-order valence-corrected chi connectivity index (χ4v) is 4.91. The summed E-state index contributed by atoms with van der Waals surface area (Å²) >= 11 is 0. The summed E-state index contributed by atoms with van der Waals surface area (Å²) in [4.78, 5) is 12.9. The van der Waals surface area contributed by atoms with Crippen molar-refractivity contribution in [2.75, 3.05) is 13.1 Å². The summed E-state index contributed by atoms with van der Waals surface area (Å²) in [5.74, 6) is 0.456. The number of sulfonamides is 1. The van der Waals surface area contributed by atoms with Crippen molar-refractivity contribution in [3.63, 3.8) is 0 Å². The van der Waals surface area contributed by atoms with Crippen LogP contribution in [0.4, 0.5) is 0 Å². The van der Waals surface area contributed by atoms with E-state index in [0.717, 1.165) is 29.7 Å². The van der Waals surface area contributed by atoms with Gasteiger partial charge in [-0.05, 0) is 69.0 Å². The van der Waals surface area contributed by atoms with E-state index in [1.54, 1.807) is 19.1 Å². The Kier molecular flexibility index (Phi) is 6.59. The molecule has 0 spiro atoms. The number of benzene rings is 2. The largest absolute Gasteiger partial charge is 0.491 e. The third-order valence-electron chi connectivity index (χ3n) is 4.88. The Hall–Kier alpha value is -2.38. The molecular formula is C22H28N2O4S. The predicted molar refractivity (Wildman–Crippen MR) is 113 cm³/mol. The zero-order chi connectivity index (χ0) is 21.0. The van der Waals surface area contributed by atoms with E-state index in [4.69, 9.17) is 4.74 Å². The molecule has 1 aliphatic heterocycles. The van der Waals surface area contributed by atoms with Gasteiger partial charge in [0.2, 0.25) is 10.0 Å². The van der Waals surface area contributed by atoms with Crippen LogP contribution >= 0.6 is 0 Å². The molecule has 0 radical (unpaired) electrons. The summed E-state index contributed by atoms with van der Waals surface area (Å²) in [5.41, 5.74) is 2.02. The van der Waals surface area contributed by atoms with Crippen molar-refractivity contribution in [1.29, 1.82) is 0 Å². The highest BCUT2D eigenvalue weighted by molar-refractivity contribution is 7.89. The van der Waals surface area contributed by atoms with Gasteiger partial charge in [-0.1, -0.05) is 18.2 Å². The quantitative estimate of drug-likeness (QED) is 0.750. The van der Waals surface area contributed by atoms with E-state index < -0.39 is 10.0 Å². The first-order valence-electron chi connectivity index (χ1n) is 9.92. The Bertz CT molecular complexity index is 980. The van der Waals surface area contributed by atoms with Gasteiger partial charge in [-0.25, -0.2) is 8.42 Å². The number of ether oxygens (including phenoxy) is 1. The molecule has 0 atom stereocenters. The van der Waals surface area contributed by atoms with E-state index in [-0.39, 0.29) is 16.9 Å². The molecule has 0 unspecified atom stereocenters. The van der Waals surface area contributed by atoms with Crippen LogP contribution in [-0.4, -0.2) is 37.8 Å². The number of rotatable bonds is 7. The van der Waals surface area contributed by atoms with E-state index >= 15 is 0 Å². The van der Waals surface area contributed by atoms with Gasteiger partial charge in [0.15, 0.2) is 0 Å². The van der Waals surface area contributed by atoms with Crippen LogP contribution in [0.3, 0.4) is 0 Å². The van der Waals surface area contributed by atoms with Crippen molar-refractivity contribution < 1.29 is 17.9 Å². The van der Waals surface area contributed by atoms with Gasteiger partial charge in [-0.2, -0.15) is 4.31 Å². The summed E-state index contributed by atoms with van der Waals surface area (Å²) in [5, 5.41) is 2.88. The second kappa shape index (κ2) is 8.97. The minimum atomic E-state index is -3.56. The number of carbonyl (C=O) groups is 1. The second-order valence-corrected chi connectivity index (χ2v) is 9.52. The van der Waals surface area contributed by atoms with Crippen LogP contribution in [0.25, 0.3) is 0 Å². The molecule has 1 amide bonds. The number of nitrogens with zero attached hydrogens (tertiary/aromatic N) is 1. The Balaban J connectivity index is 1.74. The van der Waals surface area contributed by atoms with Gasteiger partial charge in [-0.15, -0.1) is 0 Å². The standard InChI is InChI=1S/C22H28N2O4S/c1-16(2)28-19-8-6-7-18(13-19)15-23-22(25)21-14-20(10-9-17(21)3)29(26,27)24-11-4-5-12-24/h6-10,13-14,16H,4-5,11-12,15H2,1-3H3,(H,23,25).